The molecule has 0 radical (unpaired) electrons. The van der Waals surface area contributed by atoms with Gasteiger partial charge in [-0.1, -0.05) is 38.3 Å². The summed E-state index contributed by atoms with van der Waals surface area (Å²) in [7, 11) is 0. The molecule has 2 rings (SSSR count). The minimum atomic E-state index is -2.76. The number of alkyl halides is 2. The highest BCUT2D eigenvalue weighted by atomic mass is 19.3. The zero-order valence-electron chi connectivity index (χ0n) is 12.7. The van der Waals surface area contributed by atoms with Gasteiger partial charge in [-0.05, 0) is 42.9 Å². The Labute approximate surface area is 125 Å². The molecule has 4 heteroatoms. The van der Waals surface area contributed by atoms with Gasteiger partial charge in [0, 0.05) is 12.6 Å². The van der Waals surface area contributed by atoms with E-state index < -0.39 is 6.61 Å². The Kier molecular flexibility index (Phi) is 6.43. The summed E-state index contributed by atoms with van der Waals surface area (Å²) in [5.41, 5.74) is 1.10. The van der Waals surface area contributed by atoms with Gasteiger partial charge in [0.2, 0.25) is 0 Å². The van der Waals surface area contributed by atoms with E-state index in [2.05, 4.69) is 17.0 Å². The largest absolute Gasteiger partial charge is 0.435 e. The molecule has 1 aliphatic rings. The average molecular weight is 297 g/mol. The fourth-order valence-electron chi connectivity index (χ4n) is 3.04. The van der Waals surface area contributed by atoms with Crippen LogP contribution < -0.4 is 10.1 Å². The zero-order chi connectivity index (χ0) is 15.1. The highest BCUT2D eigenvalue weighted by Gasteiger charge is 2.17. The third-order valence-electron chi connectivity index (χ3n) is 4.41. The molecule has 0 aromatic heterocycles. The monoisotopic (exact) mass is 297 g/mol. The van der Waals surface area contributed by atoms with Gasteiger partial charge in [-0.2, -0.15) is 8.78 Å². The molecule has 0 spiro atoms. The van der Waals surface area contributed by atoms with E-state index in [4.69, 9.17) is 0 Å². The first-order valence-corrected chi connectivity index (χ1v) is 7.94. The Hall–Kier alpha value is -1.16. The minimum Gasteiger partial charge on any atom is -0.435 e. The zero-order valence-corrected chi connectivity index (χ0v) is 12.7. The van der Waals surface area contributed by atoms with E-state index >= 15 is 0 Å². The van der Waals surface area contributed by atoms with Crippen molar-refractivity contribution in [2.24, 2.45) is 5.92 Å². The number of benzene rings is 1. The topological polar surface area (TPSA) is 21.3 Å². The van der Waals surface area contributed by atoms with Crippen molar-refractivity contribution in [3.05, 3.63) is 29.8 Å². The maximum atomic E-state index is 12.1. The van der Waals surface area contributed by atoms with E-state index in [1.165, 1.54) is 38.5 Å². The molecule has 21 heavy (non-hydrogen) atoms. The molecule has 0 heterocycles. The SMILES string of the molecule is CCC1CCCC(NCc2ccc(OC(F)F)cc2)CC1. The highest BCUT2D eigenvalue weighted by Crippen LogP contribution is 2.25. The van der Waals surface area contributed by atoms with E-state index in [1.807, 2.05) is 12.1 Å². The molecule has 0 bridgehead atoms. The Balaban J connectivity index is 1.77. The summed E-state index contributed by atoms with van der Waals surface area (Å²) in [6.07, 6.45) is 7.74. The molecule has 1 aliphatic carbocycles. The van der Waals surface area contributed by atoms with Crippen LogP contribution in [0.1, 0.15) is 51.0 Å². The van der Waals surface area contributed by atoms with Gasteiger partial charge in [0.1, 0.15) is 5.75 Å². The first-order chi connectivity index (χ1) is 10.2. The Bertz CT molecular complexity index is 408. The van der Waals surface area contributed by atoms with Crippen LogP contribution in [0.4, 0.5) is 8.78 Å². The van der Waals surface area contributed by atoms with Gasteiger partial charge in [-0.3, -0.25) is 0 Å². The van der Waals surface area contributed by atoms with Crippen LogP contribution in [0.15, 0.2) is 24.3 Å². The second-order valence-electron chi connectivity index (χ2n) is 5.88. The molecule has 118 valence electrons. The van der Waals surface area contributed by atoms with Crippen molar-refractivity contribution in [3.8, 4) is 5.75 Å². The van der Waals surface area contributed by atoms with E-state index in [1.54, 1.807) is 12.1 Å². The second-order valence-corrected chi connectivity index (χ2v) is 5.88. The summed E-state index contributed by atoms with van der Waals surface area (Å²) in [5, 5.41) is 3.59. The normalized spacial score (nSPS) is 23.0. The maximum Gasteiger partial charge on any atom is 0.387 e. The summed E-state index contributed by atoms with van der Waals surface area (Å²) >= 11 is 0. The lowest BCUT2D eigenvalue weighted by atomic mass is 9.98. The van der Waals surface area contributed by atoms with E-state index in [0.717, 1.165) is 18.0 Å². The van der Waals surface area contributed by atoms with Gasteiger partial charge in [-0.25, -0.2) is 0 Å². The van der Waals surface area contributed by atoms with Crippen molar-refractivity contribution in [1.82, 2.24) is 5.32 Å². The molecule has 0 aliphatic heterocycles. The molecule has 2 atom stereocenters. The number of hydrogen-bond acceptors (Lipinski definition) is 2. The van der Waals surface area contributed by atoms with Gasteiger partial charge in [0.25, 0.3) is 0 Å². The lowest BCUT2D eigenvalue weighted by Crippen LogP contribution is -2.27. The van der Waals surface area contributed by atoms with Crippen LogP contribution in [-0.2, 0) is 6.54 Å². The molecular formula is C17H25F2NO. The summed E-state index contributed by atoms with van der Waals surface area (Å²) in [5.74, 6) is 1.11. The average Bonchev–Trinajstić information content (AvgIpc) is 2.71. The summed E-state index contributed by atoms with van der Waals surface area (Å²) in [6.45, 7) is 0.309. The molecule has 0 saturated heterocycles. The quantitative estimate of drug-likeness (QED) is 0.766. The van der Waals surface area contributed by atoms with Crippen LogP contribution in [0, 0.1) is 5.92 Å². The van der Waals surface area contributed by atoms with E-state index in [-0.39, 0.29) is 5.75 Å². The number of ether oxygens (including phenoxy) is 1. The van der Waals surface area contributed by atoms with Gasteiger partial charge < -0.3 is 10.1 Å². The number of rotatable bonds is 6. The summed E-state index contributed by atoms with van der Waals surface area (Å²) in [4.78, 5) is 0. The van der Waals surface area contributed by atoms with Crippen molar-refractivity contribution in [1.29, 1.82) is 0 Å². The lowest BCUT2D eigenvalue weighted by molar-refractivity contribution is -0.0498. The summed E-state index contributed by atoms with van der Waals surface area (Å²) < 4.78 is 28.5. The maximum absolute atomic E-state index is 12.1. The van der Waals surface area contributed by atoms with E-state index in [0.29, 0.717) is 6.04 Å². The number of halogens is 2. The minimum absolute atomic E-state index is 0.217. The van der Waals surface area contributed by atoms with Crippen LogP contribution >= 0.6 is 0 Å². The number of hydrogen-bond donors (Lipinski definition) is 1. The molecule has 1 fully saturated rings. The molecular weight excluding hydrogens is 272 g/mol. The van der Waals surface area contributed by atoms with Crippen molar-refractivity contribution < 1.29 is 13.5 Å². The van der Waals surface area contributed by atoms with E-state index in [9.17, 15) is 8.78 Å². The molecule has 2 nitrogen and oxygen atoms in total. The predicted octanol–water partition coefficient (Wildman–Crippen LogP) is 4.74. The summed E-state index contributed by atoms with van der Waals surface area (Å²) in [6, 6.07) is 7.47. The standard InChI is InChI=1S/C17H25F2NO/c1-2-13-4-3-5-15(9-6-13)20-12-14-7-10-16(11-8-14)21-17(18)19/h7-8,10-11,13,15,17,20H,2-6,9,12H2,1H3. The van der Waals surface area contributed by atoms with Crippen LogP contribution in [-0.4, -0.2) is 12.7 Å². The molecule has 1 saturated carbocycles. The lowest BCUT2D eigenvalue weighted by Gasteiger charge is -2.17. The molecule has 1 aromatic rings. The van der Waals surface area contributed by atoms with Crippen LogP contribution in [0.3, 0.4) is 0 Å². The van der Waals surface area contributed by atoms with Gasteiger partial charge in [0.15, 0.2) is 0 Å². The van der Waals surface area contributed by atoms with Crippen LogP contribution in [0.5, 0.6) is 5.75 Å². The van der Waals surface area contributed by atoms with Gasteiger partial charge >= 0.3 is 6.61 Å². The molecule has 1 N–H and O–H groups in total. The van der Waals surface area contributed by atoms with Crippen molar-refractivity contribution in [2.75, 3.05) is 0 Å². The van der Waals surface area contributed by atoms with Crippen molar-refractivity contribution >= 4 is 0 Å². The molecule has 1 aromatic carbocycles. The predicted molar refractivity (Wildman–Crippen MR) is 80.6 cm³/mol. The van der Waals surface area contributed by atoms with Crippen LogP contribution in [0.2, 0.25) is 0 Å². The third-order valence-corrected chi connectivity index (χ3v) is 4.41. The molecule has 0 amide bonds. The first-order valence-electron chi connectivity index (χ1n) is 7.94. The van der Waals surface area contributed by atoms with Crippen LogP contribution in [0.25, 0.3) is 0 Å². The Morgan fingerprint density at radius 1 is 1.14 bits per heavy atom. The van der Waals surface area contributed by atoms with Gasteiger partial charge in [0.05, 0.1) is 0 Å². The Morgan fingerprint density at radius 3 is 2.57 bits per heavy atom. The van der Waals surface area contributed by atoms with Crippen molar-refractivity contribution in [3.63, 3.8) is 0 Å². The number of nitrogens with one attached hydrogen (secondary N) is 1. The third kappa shape index (κ3) is 5.62. The second kappa shape index (κ2) is 8.32. The smallest absolute Gasteiger partial charge is 0.387 e. The Morgan fingerprint density at radius 2 is 1.90 bits per heavy atom. The van der Waals surface area contributed by atoms with Crippen molar-refractivity contribution in [2.45, 2.75) is 64.6 Å². The molecule has 2 unspecified atom stereocenters. The highest BCUT2D eigenvalue weighted by molar-refractivity contribution is 5.27. The fourth-order valence-corrected chi connectivity index (χ4v) is 3.04. The fraction of sp³-hybridized carbons (Fsp3) is 0.647. The first kappa shape index (κ1) is 16.2. The van der Waals surface area contributed by atoms with Gasteiger partial charge in [-0.15, -0.1) is 0 Å².